The number of hydrogen-bond donors (Lipinski definition) is 4. The van der Waals surface area contributed by atoms with E-state index in [0.717, 1.165) is 0 Å². The van der Waals surface area contributed by atoms with E-state index in [4.69, 9.17) is 20.4 Å². The van der Waals surface area contributed by atoms with Gasteiger partial charge in [-0.1, -0.05) is 0 Å². The molecule has 0 saturated heterocycles. The fourth-order valence-electron chi connectivity index (χ4n) is 0.156. The van der Waals surface area contributed by atoms with Crippen molar-refractivity contribution in [3.8, 4) is 0 Å². The second kappa shape index (κ2) is 8.46. The van der Waals surface area contributed by atoms with Crippen LogP contribution in [0.15, 0.2) is 0 Å². The second-order valence-electron chi connectivity index (χ2n) is 2.84. The highest BCUT2D eigenvalue weighted by Crippen LogP contribution is 1.89. The van der Waals surface area contributed by atoms with Gasteiger partial charge in [-0.2, -0.15) is 0 Å². The van der Waals surface area contributed by atoms with Crippen LogP contribution in [0.4, 0.5) is 0 Å². The van der Waals surface area contributed by atoms with Crippen molar-refractivity contribution in [2.24, 2.45) is 11.8 Å². The summed E-state index contributed by atoms with van der Waals surface area (Å²) >= 11 is 0. The molecular formula is C8H16O6. The average molecular weight is 208 g/mol. The number of carboxylic acids is 2. The quantitative estimate of drug-likeness (QED) is 0.490. The van der Waals surface area contributed by atoms with Crippen LogP contribution in [0, 0.1) is 11.8 Å². The molecule has 0 radical (unpaired) electrons. The molecule has 0 bridgehead atoms. The van der Waals surface area contributed by atoms with E-state index in [0.29, 0.717) is 0 Å². The molecule has 0 aromatic heterocycles. The molecule has 14 heavy (non-hydrogen) atoms. The first-order valence-corrected chi connectivity index (χ1v) is 4.04. The Morgan fingerprint density at radius 2 is 1.14 bits per heavy atom. The van der Waals surface area contributed by atoms with Crippen molar-refractivity contribution in [2.45, 2.75) is 13.8 Å². The SMILES string of the molecule is CC(CO)C(=O)O.CC(CO)C(=O)O. The second-order valence-corrected chi connectivity index (χ2v) is 2.84. The van der Waals surface area contributed by atoms with Gasteiger partial charge in [0.25, 0.3) is 0 Å². The lowest BCUT2D eigenvalue weighted by molar-refractivity contribution is -0.143. The van der Waals surface area contributed by atoms with Gasteiger partial charge in [0.15, 0.2) is 0 Å². The fourth-order valence-corrected chi connectivity index (χ4v) is 0.156. The third kappa shape index (κ3) is 8.95. The number of hydrogen-bond acceptors (Lipinski definition) is 4. The van der Waals surface area contributed by atoms with E-state index in [1.807, 2.05) is 0 Å². The van der Waals surface area contributed by atoms with E-state index in [1.165, 1.54) is 13.8 Å². The molecule has 84 valence electrons. The molecule has 0 aromatic rings. The minimum absolute atomic E-state index is 0.282. The molecule has 2 unspecified atom stereocenters. The van der Waals surface area contributed by atoms with Crippen molar-refractivity contribution >= 4 is 11.9 Å². The Kier molecular flexibility index (Phi) is 9.27. The Balaban J connectivity index is 0. The van der Waals surface area contributed by atoms with Gasteiger partial charge in [0, 0.05) is 0 Å². The molecule has 4 N–H and O–H groups in total. The maximum atomic E-state index is 9.77. The maximum Gasteiger partial charge on any atom is 0.308 e. The summed E-state index contributed by atoms with van der Waals surface area (Å²) in [6.07, 6.45) is 0. The summed E-state index contributed by atoms with van der Waals surface area (Å²) in [6.45, 7) is 2.33. The van der Waals surface area contributed by atoms with Crippen molar-refractivity contribution in [1.29, 1.82) is 0 Å². The van der Waals surface area contributed by atoms with Gasteiger partial charge in [0.05, 0.1) is 25.0 Å². The fraction of sp³-hybridized carbons (Fsp3) is 0.750. The summed E-state index contributed by atoms with van der Waals surface area (Å²) in [6, 6.07) is 0. The van der Waals surface area contributed by atoms with Gasteiger partial charge >= 0.3 is 11.9 Å². The zero-order valence-corrected chi connectivity index (χ0v) is 8.17. The van der Waals surface area contributed by atoms with E-state index >= 15 is 0 Å². The van der Waals surface area contributed by atoms with E-state index in [1.54, 1.807) is 0 Å². The normalized spacial score (nSPS) is 13.4. The predicted octanol–water partition coefficient (Wildman–Crippen LogP) is -0.601. The van der Waals surface area contributed by atoms with Crippen LogP contribution >= 0.6 is 0 Å². The molecular weight excluding hydrogens is 192 g/mol. The molecule has 0 saturated carbocycles. The molecule has 6 heteroatoms. The third-order valence-corrected chi connectivity index (χ3v) is 1.39. The van der Waals surface area contributed by atoms with Crippen LogP contribution in [-0.4, -0.2) is 45.6 Å². The first-order valence-electron chi connectivity index (χ1n) is 4.04. The highest BCUT2D eigenvalue weighted by Gasteiger charge is 2.07. The minimum Gasteiger partial charge on any atom is -0.481 e. The number of aliphatic hydroxyl groups is 2. The number of carboxylic acid groups (broad SMARTS) is 2. The summed E-state index contributed by atoms with van der Waals surface area (Å²) in [5, 5.41) is 32.3. The Morgan fingerprint density at radius 3 is 1.14 bits per heavy atom. The van der Waals surface area contributed by atoms with Crippen LogP contribution in [-0.2, 0) is 9.59 Å². The number of rotatable bonds is 4. The monoisotopic (exact) mass is 208 g/mol. The molecule has 6 nitrogen and oxygen atoms in total. The van der Waals surface area contributed by atoms with Gasteiger partial charge in [-0.15, -0.1) is 0 Å². The standard InChI is InChI=1S/2C4H8O3/c2*1-3(2-5)4(6)7/h2*3,5H,2H2,1H3,(H,6,7). The van der Waals surface area contributed by atoms with Crippen LogP contribution < -0.4 is 0 Å². The molecule has 0 aliphatic carbocycles. The molecule has 0 aromatic carbocycles. The van der Waals surface area contributed by atoms with Gasteiger partial charge in [0.2, 0.25) is 0 Å². The van der Waals surface area contributed by atoms with Crippen molar-refractivity contribution < 1.29 is 30.0 Å². The predicted molar refractivity (Wildman–Crippen MR) is 47.8 cm³/mol. The van der Waals surface area contributed by atoms with E-state index in [2.05, 4.69) is 0 Å². The van der Waals surface area contributed by atoms with Crippen molar-refractivity contribution in [3.63, 3.8) is 0 Å². The van der Waals surface area contributed by atoms with Crippen LogP contribution in [0.5, 0.6) is 0 Å². The lowest BCUT2D eigenvalue weighted by atomic mass is 10.2. The van der Waals surface area contributed by atoms with Crippen LogP contribution in [0.3, 0.4) is 0 Å². The van der Waals surface area contributed by atoms with Gasteiger partial charge in [0.1, 0.15) is 0 Å². The topological polar surface area (TPSA) is 115 Å². The highest BCUT2D eigenvalue weighted by atomic mass is 16.4. The summed E-state index contributed by atoms with van der Waals surface area (Å²) in [5.41, 5.74) is 0. The molecule has 2 atom stereocenters. The highest BCUT2D eigenvalue weighted by molar-refractivity contribution is 5.69. The molecule has 0 amide bonds. The summed E-state index contributed by atoms with van der Waals surface area (Å²) in [5.74, 6) is -3.16. The Morgan fingerprint density at radius 1 is 0.929 bits per heavy atom. The average Bonchev–Trinajstić information content (AvgIpc) is 2.15. The third-order valence-electron chi connectivity index (χ3n) is 1.39. The van der Waals surface area contributed by atoms with Crippen LogP contribution in [0.2, 0.25) is 0 Å². The Bertz CT molecular complexity index is 159. The summed E-state index contributed by atoms with van der Waals surface area (Å²) < 4.78 is 0. The smallest absolute Gasteiger partial charge is 0.308 e. The Labute approximate surface area is 81.8 Å². The van der Waals surface area contributed by atoms with Gasteiger partial charge in [-0.25, -0.2) is 0 Å². The number of carbonyl (C=O) groups is 2. The molecule has 0 rings (SSSR count). The molecule has 0 aliphatic heterocycles. The zero-order chi connectivity index (χ0) is 11.7. The molecule has 0 aliphatic rings. The number of aliphatic hydroxyl groups excluding tert-OH is 2. The first-order chi connectivity index (χ1) is 6.36. The molecule has 0 fully saturated rings. The molecule has 0 spiro atoms. The largest absolute Gasteiger partial charge is 0.481 e. The first kappa shape index (κ1) is 15.3. The summed E-state index contributed by atoms with van der Waals surface area (Å²) in [7, 11) is 0. The van der Waals surface area contributed by atoms with E-state index in [9.17, 15) is 9.59 Å². The van der Waals surface area contributed by atoms with Crippen LogP contribution in [0.25, 0.3) is 0 Å². The van der Waals surface area contributed by atoms with Crippen molar-refractivity contribution in [2.75, 3.05) is 13.2 Å². The van der Waals surface area contributed by atoms with Gasteiger partial charge in [-0.3, -0.25) is 9.59 Å². The lowest BCUT2D eigenvalue weighted by Crippen LogP contribution is -2.12. The maximum absolute atomic E-state index is 9.77. The van der Waals surface area contributed by atoms with Crippen LogP contribution in [0.1, 0.15) is 13.8 Å². The van der Waals surface area contributed by atoms with Gasteiger partial charge in [-0.05, 0) is 13.8 Å². The van der Waals surface area contributed by atoms with E-state index in [-0.39, 0.29) is 13.2 Å². The number of aliphatic carboxylic acids is 2. The van der Waals surface area contributed by atoms with Crippen molar-refractivity contribution in [3.05, 3.63) is 0 Å². The van der Waals surface area contributed by atoms with Gasteiger partial charge < -0.3 is 20.4 Å². The van der Waals surface area contributed by atoms with E-state index < -0.39 is 23.8 Å². The minimum atomic E-state index is -0.956. The van der Waals surface area contributed by atoms with Crippen molar-refractivity contribution in [1.82, 2.24) is 0 Å². The summed E-state index contributed by atoms with van der Waals surface area (Å²) in [4.78, 5) is 19.5. The Hall–Kier alpha value is -1.14. The zero-order valence-electron chi connectivity index (χ0n) is 8.17. The molecule has 0 heterocycles. The lowest BCUT2D eigenvalue weighted by Gasteiger charge is -1.95.